The molecule has 0 bridgehead atoms. The number of nitrogens with zero attached hydrogens (tertiary/aromatic N) is 2. The zero-order valence-electron chi connectivity index (χ0n) is 8.47. The molecule has 0 fully saturated rings. The van der Waals surface area contributed by atoms with Gasteiger partial charge < -0.3 is 9.64 Å². The van der Waals surface area contributed by atoms with E-state index in [4.69, 9.17) is 4.74 Å². The maximum absolute atomic E-state index is 10.6. The Morgan fingerprint density at radius 2 is 2.33 bits per heavy atom. The molecule has 5 nitrogen and oxygen atoms in total. The quantitative estimate of drug-likeness (QED) is 0.519. The van der Waals surface area contributed by atoms with Gasteiger partial charge in [0, 0.05) is 24.9 Å². The average molecular weight is 208 g/mol. The van der Waals surface area contributed by atoms with Crippen molar-refractivity contribution in [2.75, 3.05) is 25.3 Å². The molecule has 1 aromatic carbocycles. The summed E-state index contributed by atoms with van der Waals surface area (Å²) >= 11 is 0. The lowest BCUT2D eigenvalue weighted by Crippen LogP contribution is -2.19. The molecule has 15 heavy (non-hydrogen) atoms. The smallest absolute Gasteiger partial charge is 0.269 e. The predicted molar refractivity (Wildman–Crippen MR) is 56.0 cm³/mol. The molecule has 1 aliphatic rings. The second-order valence-electron chi connectivity index (χ2n) is 3.56. The van der Waals surface area contributed by atoms with E-state index < -0.39 is 0 Å². The van der Waals surface area contributed by atoms with Crippen molar-refractivity contribution in [1.29, 1.82) is 0 Å². The molecule has 0 radical (unpaired) electrons. The summed E-state index contributed by atoms with van der Waals surface area (Å²) in [6, 6.07) is 4.93. The third kappa shape index (κ3) is 1.92. The third-order valence-electron chi connectivity index (χ3n) is 2.49. The molecule has 0 aliphatic carbocycles. The van der Waals surface area contributed by atoms with Gasteiger partial charge in [-0.2, -0.15) is 0 Å². The summed E-state index contributed by atoms with van der Waals surface area (Å²) in [5, 5.41) is 10.6. The summed E-state index contributed by atoms with van der Waals surface area (Å²) in [6.07, 6.45) is 0.724. The van der Waals surface area contributed by atoms with Gasteiger partial charge in [-0.15, -0.1) is 0 Å². The summed E-state index contributed by atoms with van der Waals surface area (Å²) in [5.74, 6) is 0. The maximum atomic E-state index is 10.6. The van der Waals surface area contributed by atoms with E-state index in [1.165, 1.54) is 6.07 Å². The van der Waals surface area contributed by atoms with Gasteiger partial charge in [0.05, 0.1) is 11.5 Å². The van der Waals surface area contributed by atoms with Crippen molar-refractivity contribution in [3.8, 4) is 0 Å². The van der Waals surface area contributed by atoms with Crippen LogP contribution in [0.3, 0.4) is 0 Å². The monoisotopic (exact) mass is 208 g/mol. The molecular weight excluding hydrogens is 196 g/mol. The van der Waals surface area contributed by atoms with E-state index in [1.54, 1.807) is 12.1 Å². The SMILES string of the molecule is CN1COCCc2cc([N+](=O)[O-])ccc21. The van der Waals surface area contributed by atoms with Gasteiger partial charge in [-0.05, 0) is 18.1 Å². The summed E-state index contributed by atoms with van der Waals surface area (Å²) < 4.78 is 5.35. The Hall–Kier alpha value is -1.62. The van der Waals surface area contributed by atoms with Gasteiger partial charge in [0.15, 0.2) is 0 Å². The number of hydrogen-bond acceptors (Lipinski definition) is 4. The Labute approximate surface area is 87.4 Å². The van der Waals surface area contributed by atoms with Crippen LogP contribution in [0.2, 0.25) is 0 Å². The Balaban J connectivity index is 2.42. The maximum Gasteiger partial charge on any atom is 0.269 e. The highest BCUT2D eigenvalue weighted by Gasteiger charge is 2.15. The minimum atomic E-state index is -0.369. The van der Waals surface area contributed by atoms with Crippen molar-refractivity contribution >= 4 is 11.4 Å². The second kappa shape index (κ2) is 3.86. The molecule has 1 heterocycles. The van der Waals surface area contributed by atoms with Gasteiger partial charge in [0.1, 0.15) is 6.73 Å². The topological polar surface area (TPSA) is 55.6 Å². The molecule has 0 saturated carbocycles. The molecule has 0 amide bonds. The number of nitro benzene ring substituents is 1. The van der Waals surface area contributed by atoms with E-state index in [0.717, 1.165) is 17.7 Å². The molecule has 0 aromatic heterocycles. The molecule has 0 saturated heterocycles. The van der Waals surface area contributed by atoms with E-state index in [-0.39, 0.29) is 10.6 Å². The van der Waals surface area contributed by atoms with Gasteiger partial charge >= 0.3 is 0 Å². The number of rotatable bonds is 1. The van der Waals surface area contributed by atoms with Crippen LogP contribution in [0.25, 0.3) is 0 Å². The summed E-state index contributed by atoms with van der Waals surface area (Å²) in [7, 11) is 1.91. The lowest BCUT2D eigenvalue weighted by molar-refractivity contribution is -0.384. The van der Waals surface area contributed by atoms with Crippen LogP contribution >= 0.6 is 0 Å². The highest BCUT2D eigenvalue weighted by Crippen LogP contribution is 2.26. The summed E-state index contributed by atoms with van der Waals surface area (Å²) in [4.78, 5) is 12.2. The minimum absolute atomic E-state index is 0.143. The molecular formula is C10H12N2O3. The molecule has 1 aliphatic heterocycles. The van der Waals surface area contributed by atoms with Crippen LogP contribution < -0.4 is 4.90 Å². The van der Waals surface area contributed by atoms with Crippen molar-refractivity contribution in [3.05, 3.63) is 33.9 Å². The number of nitro groups is 1. The average Bonchev–Trinajstić information content (AvgIpc) is 2.40. The largest absolute Gasteiger partial charge is 0.361 e. The first-order chi connectivity index (χ1) is 7.18. The molecule has 0 spiro atoms. The Kier molecular flexibility index (Phi) is 2.55. The molecule has 80 valence electrons. The minimum Gasteiger partial charge on any atom is -0.361 e. The standard InChI is InChI=1S/C10H12N2O3/c1-11-7-15-5-4-8-6-9(12(13)14)2-3-10(8)11/h2-3,6H,4-5,7H2,1H3. The van der Waals surface area contributed by atoms with Crippen LogP contribution in [0.15, 0.2) is 18.2 Å². The highest BCUT2D eigenvalue weighted by atomic mass is 16.6. The number of non-ortho nitro benzene ring substituents is 1. The highest BCUT2D eigenvalue weighted by molar-refractivity contribution is 5.57. The lowest BCUT2D eigenvalue weighted by atomic mass is 10.1. The van der Waals surface area contributed by atoms with E-state index in [1.807, 2.05) is 11.9 Å². The van der Waals surface area contributed by atoms with Gasteiger partial charge in [-0.25, -0.2) is 0 Å². The summed E-state index contributed by atoms with van der Waals surface area (Å²) in [6.45, 7) is 1.14. The van der Waals surface area contributed by atoms with Crippen molar-refractivity contribution in [2.45, 2.75) is 6.42 Å². The third-order valence-corrected chi connectivity index (χ3v) is 2.49. The van der Waals surface area contributed by atoms with E-state index >= 15 is 0 Å². The molecule has 0 unspecified atom stereocenters. The predicted octanol–water partition coefficient (Wildman–Crippen LogP) is 1.56. The van der Waals surface area contributed by atoms with Crippen LogP contribution in [0.4, 0.5) is 11.4 Å². The summed E-state index contributed by atoms with van der Waals surface area (Å²) in [5.41, 5.74) is 2.13. The van der Waals surface area contributed by atoms with Crippen molar-refractivity contribution < 1.29 is 9.66 Å². The van der Waals surface area contributed by atoms with Crippen LogP contribution in [-0.4, -0.2) is 25.3 Å². The van der Waals surface area contributed by atoms with Gasteiger partial charge in [0.2, 0.25) is 0 Å². The Bertz CT molecular complexity index is 392. The molecule has 2 rings (SSSR count). The van der Waals surface area contributed by atoms with Crippen LogP contribution in [0.1, 0.15) is 5.56 Å². The van der Waals surface area contributed by atoms with Gasteiger partial charge in [-0.1, -0.05) is 0 Å². The molecule has 1 aromatic rings. The van der Waals surface area contributed by atoms with Crippen LogP contribution in [0.5, 0.6) is 0 Å². The number of anilines is 1. The Morgan fingerprint density at radius 1 is 1.53 bits per heavy atom. The lowest BCUT2D eigenvalue weighted by Gasteiger charge is -2.17. The van der Waals surface area contributed by atoms with E-state index in [9.17, 15) is 10.1 Å². The fourth-order valence-electron chi connectivity index (χ4n) is 1.71. The van der Waals surface area contributed by atoms with Crippen LogP contribution in [0, 0.1) is 10.1 Å². The van der Waals surface area contributed by atoms with Crippen molar-refractivity contribution in [1.82, 2.24) is 0 Å². The first-order valence-corrected chi connectivity index (χ1v) is 4.74. The normalized spacial score (nSPS) is 15.7. The molecule has 0 atom stereocenters. The second-order valence-corrected chi connectivity index (χ2v) is 3.56. The first kappa shape index (κ1) is 9.92. The number of hydrogen-bond donors (Lipinski definition) is 0. The van der Waals surface area contributed by atoms with Crippen LogP contribution in [-0.2, 0) is 11.2 Å². The molecule has 5 heteroatoms. The zero-order chi connectivity index (χ0) is 10.8. The number of ether oxygens (including phenoxy) is 1. The van der Waals surface area contributed by atoms with E-state index in [0.29, 0.717) is 13.3 Å². The fraction of sp³-hybridized carbons (Fsp3) is 0.400. The zero-order valence-corrected chi connectivity index (χ0v) is 8.47. The fourth-order valence-corrected chi connectivity index (χ4v) is 1.71. The first-order valence-electron chi connectivity index (χ1n) is 4.74. The van der Waals surface area contributed by atoms with Gasteiger partial charge in [0.25, 0.3) is 5.69 Å². The van der Waals surface area contributed by atoms with Crippen molar-refractivity contribution in [3.63, 3.8) is 0 Å². The van der Waals surface area contributed by atoms with Gasteiger partial charge in [-0.3, -0.25) is 10.1 Å². The number of fused-ring (bicyclic) bond motifs is 1. The van der Waals surface area contributed by atoms with Crippen molar-refractivity contribution in [2.24, 2.45) is 0 Å². The Morgan fingerprint density at radius 3 is 3.07 bits per heavy atom. The number of benzene rings is 1. The van der Waals surface area contributed by atoms with E-state index in [2.05, 4.69) is 0 Å². The molecule has 0 N–H and O–H groups in total.